The number of imidazole rings is 1. The monoisotopic (exact) mass is 451 g/mol. The number of nitrogens with one attached hydrogen (secondary N) is 1. The number of aromatic nitrogens is 3. The van der Waals surface area contributed by atoms with Crippen LogP contribution >= 0.6 is 11.3 Å². The van der Waals surface area contributed by atoms with Crippen molar-refractivity contribution in [2.45, 2.75) is 12.8 Å². The molecule has 1 fully saturated rings. The molecule has 7 nitrogen and oxygen atoms in total. The predicted molar refractivity (Wildman–Crippen MR) is 123 cm³/mol. The maximum Gasteiger partial charge on any atom is 0.227 e. The van der Waals surface area contributed by atoms with Gasteiger partial charge in [-0.15, -0.1) is 5.10 Å². The summed E-state index contributed by atoms with van der Waals surface area (Å²) in [7, 11) is 1.65. The van der Waals surface area contributed by atoms with E-state index >= 15 is 0 Å². The SMILES string of the molecule is COc1ccc(-c2cn3nc(N4CCC(C(=O)Nc5ccc(F)cc5)CC4)sc3n2)cc1. The number of anilines is 2. The number of benzene rings is 2. The normalized spacial score (nSPS) is 14.6. The molecule has 1 aliphatic rings. The Bertz CT molecular complexity index is 1200. The lowest BCUT2D eigenvalue weighted by molar-refractivity contribution is -0.120. The zero-order chi connectivity index (χ0) is 22.1. The number of amides is 1. The van der Waals surface area contributed by atoms with Gasteiger partial charge in [0.05, 0.1) is 19.0 Å². The predicted octanol–water partition coefficient (Wildman–Crippen LogP) is 4.46. The Morgan fingerprint density at radius 1 is 1.12 bits per heavy atom. The number of rotatable bonds is 5. The van der Waals surface area contributed by atoms with E-state index in [4.69, 9.17) is 14.8 Å². The summed E-state index contributed by atoms with van der Waals surface area (Å²) in [4.78, 5) is 20.3. The van der Waals surface area contributed by atoms with Gasteiger partial charge in [-0.05, 0) is 61.4 Å². The molecule has 1 amide bonds. The maximum absolute atomic E-state index is 13.0. The molecule has 1 aliphatic heterocycles. The van der Waals surface area contributed by atoms with Crippen molar-refractivity contribution in [1.29, 1.82) is 0 Å². The highest BCUT2D eigenvalue weighted by Crippen LogP contribution is 2.30. The van der Waals surface area contributed by atoms with Crippen LogP contribution in [0.25, 0.3) is 16.2 Å². The maximum atomic E-state index is 13.0. The molecule has 0 bridgehead atoms. The molecule has 0 radical (unpaired) electrons. The van der Waals surface area contributed by atoms with Crippen molar-refractivity contribution < 1.29 is 13.9 Å². The van der Waals surface area contributed by atoms with Gasteiger partial charge < -0.3 is 15.0 Å². The van der Waals surface area contributed by atoms with Gasteiger partial charge in [0.25, 0.3) is 0 Å². The number of carbonyl (C=O) groups is 1. The lowest BCUT2D eigenvalue weighted by Crippen LogP contribution is -2.38. The zero-order valence-electron chi connectivity index (χ0n) is 17.5. The van der Waals surface area contributed by atoms with Gasteiger partial charge in [0.1, 0.15) is 11.6 Å². The number of hydrogen-bond donors (Lipinski definition) is 1. The van der Waals surface area contributed by atoms with Crippen molar-refractivity contribution in [3.05, 3.63) is 60.5 Å². The second kappa shape index (κ2) is 8.58. The van der Waals surface area contributed by atoms with Crippen LogP contribution < -0.4 is 15.0 Å². The van der Waals surface area contributed by atoms with Crippen LogP contribution in [0.5, 0.6) is 5.75 Å². The molecular formula is C23H22FN5O2S. The van der Waals surface area contributed by atoms with Crippen LogP contribution in [0.2, 0.25) is 0 Å². The molecule has 0 atom stereocenters. The largest absolute Gasteiger partial charge is 0.497 e. The number of halogens is 1. The molecule has 9 heteroatoms. The summed E-state index contributed by atoms with van der Waals surface area (Å²) in [5, 5.41) is 8.49. The van der Waals surface area contributed by atoms with E-state index in [0.717, 1.165) is 53.0 Å². The van der Waals surface area contributed by atoms with E-state index in [9.17, 15) is 9.18 Å². The van der Waals surface area contributed by atoms with Crippen LogP contribution in [0.4, 0.5) is 15.2 Å². The van der Waals surface area contributed by atoms with Crippen LogP contribution in [-0.4, -0.2) is 40.7 Å². The number of nitrogens with zero attached hydrogens (tertiary/aromatic N) is 4. The number of methoxy groups -OCH3 is 1. The van der Waals surface area contributed by atoms with E-state index in [2.05, 4.69) is 10.2 Å². The molecule has 0 saturated carbocycles. The van der Waals surface area contributed by atoms with Gasteiger partial charge in [-0.1, -0.05) is 11.3 Å². The minimum atomic E-state index is -0.317. The molecular weight excluding hydrogens is 429 g/mol. The van der Waals surface area contributed by atoms with E-state index in [1.54, 1.807) is 30.6 Å². The summed E-state index contributed by atoms with van der Waals surface area (Å²) >= 11 is 1.55. The van der Waals surface area contributed by atoms with Crippen molar-refractivity contribution in [3.63, 3.8) is 0 Å². The molecule has 3 heterocycles. The molecule has 2 aromatic heterocycles. The first-order chi connectivity index (χ1) is 15.6. The van der Waals surface area contributed by atoms with Gasteiger partial charge in [0.2, 0.25) is 16.0 Å². The van der Waals surface area contributed by atoms with Gasteiger partial charge in [-0.3, -0.25) is 4.79 Å². The first-order valence-electron chi connectivity index (χ1n) is 10.4. The van der Waals surface area contributed by atoms with Crippen LogP contribution in [0.1, 0.15) is 12.8 Å². The van der Waals surface area contributed by atoms with Crippen molar-refractivity contribution in [2.24, 2.45) is 5.92 Å². The standard InChI is InChI=1S/C23H22FN5O2S/c1-31-19-8-2-15(3-9-19)20-14-29-22(26-20)32-23(27-29)28-12-10-16(11-13-28)21(30)25-18-6-4-17(24)5-7-18/h2-9,14,16H,10-13H2,1H3,(H,25,30). The molecule has 0 unspecified atom stereocenters. The molecule has 1 N–H and O–H groups in total. The quantitative estimate of drug-likeness (QED) is 0.485. The van der Waals surface area contributed by atoms with Crippen molar-refractivity contribution in [1.82, 2.24) is 14.6 Å². The topological polar surface area (TPSA) is 71.8 Å². The van der Waals surface area contributed by atoms with Crippen molar-refractivity contribution in [3.8, 4) is 17.0 Å². The van der Waals surface area contributed by atoms with Gasteiger partial charge in [0.15, 0.2) is 0 Å². The number of fused-ring (bicyclic) bond motifs is 1. The number of piperidine rings is 1. The third-order valence-electron chi connectivity index (χ3n) is 5.67. The lowest BCUT2D eigenvalue weighted by atomic mass is 9.96. The van der Waals surface area contributed by atoms with Gasteiger partial charge in [0, 0.05) is 30.3 Å². The fourth-order valence-electron chi connectivity index (χ4n) is 3.83. The molecule has 2 aromatic carbocycles. The van der Waals surface area contributed by atoms with Gasteiger partial charge in [-0.2, -0.15) is 0 Å². The molecule has 1 saturated heterocycles. The number of ether oxygens (including phenoxy) is 1. The van der Waals surface area contributed by atoms with Crippen molar-refractivity contribution >= 4 is 33.0 Å². The van der Waals surface area contributed by atoms with E-state index in [1.807, 2.05) is 35.0 Å². The summed E-state index contributed by atoms with van der Waals surface area (Å²) in [6.07, 6.45) is 3.41. The Morgan fingerprint density at radius 2 is 1.84 bits per heavy atom. The highest BCUT2D eigenvalue weighted by atomic mass is 32.1. The number of hydrogen-bond acceptors (Lipinski definition) is 6. The smallest absolute Gasteiger partial charge is 0.227 e. The summed E-state index contributed by atoms with van der Waals surface area (Å²) in [5.41, 5.74) is 2.50. The molecule has 164 valence electrons. The van der Waals surface area contributed by atoms with E-state index in [-0.39, 0.29) is 17.6 Å². The van der Waals surface area contributed by atoms with Crippen molar-refractivity contribution in [2.75, 3.05) is 30.4 Å². The second-order valence-corrected chi connectivity index (χ2v) is 8.66. The Balaban J connectivity index is 1.21. The van der Waals surface area contributed by atoms with Crippen LogP contribution in [0, 0.1) is 11.7 Å². The Hall–Kier alpha value is -3.46. The third-order valence-corrected chi connectivity index (χ3v) is 6.65. The molecule has 5 rings (SSSR count). The summed E-state index contributed by atoms with van der Waals surface area (Å²) in [6.45, 7) is 1.51. The van der Waals surface area contributed by atoms with E-state index in [0.29, 0.717) is 5.69 Å². The fraction of sp³-hybridized carbons (Fsp3) is 0.261. The van der Waals surface area contributed by atoms with Crippen LogP contribution in [-0.2, 0) is 4.79 Å². The highest BCUT2D eigenvalue weighted by Gasteiger charge is 2.27. The molecule has 0 spiro atoms. The second-order valence-electron chi connectivity index (χ2n) is 7.72. The molecule has 4 aromatic rings. The minimum absolute atomic E-state index is 0.0191. The zero-order valence-corrected chi connectivity index (χ0v) is 18.3. The minimum Gasteiger partial charge on any atom is -0.497 e. The summed E-state index contributed by atoms with van der Waals surface area (Å²) in [6, 6.07) is 13.6. The van der Waals surface area contributed by atoms with E-state index in [1.165, 1.54) is 12.1 Å². The van der Waals surface area contributed by atoms with Gasteiger partial charge in [-0.25, -0.2) is 13.9 Å². The first kappa shape index (κ1) is 20.4. The summed E-state index contributed by atoms with van der Waals surface area (Å²) in [5.74, 6) is 0.406. The average molecular weight is 452 g/mol. The van der Waals surface area contributed by atoms with Gasteiger partial charge >= 0.3 is 0 Å². The Kier molecular flexibility index (Phi) is 5.48. The van der Waals surface area contributed by atoms with Crippen LogP contribution in [0.3, 0.4) is 0 Å². The highest BCUT2D eigenvalue weighted by molar-refractivity contribution is 7.20. The first-order valence-corrected chi connectivity index (χ1v) is 11.2. The Morgan fingerprint density at radius 3 is 2.50 bits per heavy atom. The molecule has 32 heavy (non-hydrogen) atoms. The van der Waals surface area contributed by atoms with Crippen LogP contribution in [0.15, 0.2) is 54.7 Å². The number of carbonyl (C=O) groups excluding carboxylic acids is 1. The summed E-state index contributed by atoms with van der Waals surface area (Å²) < 4.78 is 20.1. The van der Waals surface area contributed by atoms with E-state index < -0.39 is 0 Å². The lowest BCUT2D eigenvalue weighted by Gasteiger charge is -2.30. The third kappa shape index (κ3) is 4.16. The Labute approximate surface area is 188 Å². The molecule has 0 aliphatic carbocycles. The average Bonchev–Trinajstić information content (AvgIpc) is 3.40. The fourth-order valence-corrected chi connectivity index (χ4v) is 4.76.